The molecule has 1 aromatic rings. The lowest BCUT2D eigenvalue weighted by atomic mass is 10.2. The van der Waals surface area contributed by atoms with E-state index < -0.39 is 27.1 Å². The minimum Gasteiger partial charge on any atom is -0.391 e. The third-order valence-electron chi connectivity index (χ3n) is 3.72. The lowest BCUT2D eigenvalue weighted by molar-refractivity contribution is -0.384. The number of nitrogens with zero attached hydrogens (tertiary/aromatic N) is 2. The molecule has 1 fully saturated rings. The lowest BCUT2D eigenvalue weighted by Gasteiger charge is -2.26. The van der Waals surface area contributed by atoms with Crippen molar-refractivity contribution in [3.05, 3.63) is 34.4 Å². The van der Waals surface area contributed by atoms with Crippen LogP contribution in [-0.2, 0) is 10.0 Å². The molecule has 9 heteroatoms. The Morgan fingerprint density at radius 2 is 1.90 bits per heavy atom. The highest BCUT2D eigenvalue weighted by Crippen LogP contribution is 2.28. The SMILES string of the molecule is CN([C@H]1C[C@@H](N)C[C@H]1O)S(=O)(=O)c1ccc([N+](=O)[O-])cc1. The lowest BCUT2D eigenvalue weighted by Crippen LogP contribution is -2.41. The number of nitro groups is 1. The molecule has 0 saturated heterocycles. The van der Waals surface area contributed by atoms with Gasteiger partial charge in [-0.3, -0.25) is 10.1 Å². The van der Waals surface area contributed by atoms with Crippen LogP contribution < -0.4 is 5.73 Å². The largest absolute Gasteiger partial charge is 0.391 e. The first kappa shape index (κ1) is 15.8. The highest BCUT2D eigenvalue weighted by atomic mass is 32.2. The van der Waals surface area contributed by atoms with Gasteiger partial charge < -0.3 is 10.8 Å². The molecule has 0 aromatic heterocycles. The van der Waals surface area contributed by atoms with E-state index in [1.165, 1.54) is 19.2 Å². The Bertz CT molecular complexity index is 631. The van der Waals surface area contributed by atoms with Crippen molar-refractivity contribution >= 4 is 15.7 Å². The Balaban J connectivity index is 2.27. The minimum absolute atomic E-state index is 0.0525. The monoisotopic (exact) mass is 315 g/mol. The fourth-order valence-electron chi connectivity index (χ4n) is 2.51. The molecular formula is C12H17N3O5S. The number of hydrogen-bond donors (Lipinski definition) is 2. The van der Waals surface area contributed by atoms with Crippen LogP contribution in [0.4, 0.5) is 5.69 Å². The van der Waals surface area contributed by atoms with Crippen LogP contribution in [0.5, 0.6) is 0 Å². The first-order valence-electron chi connectivity index (χ1n) is 6.39. The maximum atomic E-state index is 12.5. The summed E-state index contributed by atoms with van der Waals surface area (Å²) in [6, 6.07) is 3.82. The van der Waals surface area contributed by atoms with Gasteiger partial charge in [-0.2, -0.15) is 4.31 Å². The summed E-state index contributed by atoms with van der Waals surface area (Å²) < 4.78 is 26.0. The van der Waals surface area contributed by atoms with Gasteiger partial charge in [-0.25, -0.2) is 8.42 Å². The van der Waals surface area contributed by atoms with Gasteiger partial charge in [0.25, 0.3) is 5.69 Å². The number of hydrogen-bond acceptors (Lipinski definition) is 6. The van der Waals surface area contributed by atoms with Crippen LogP contribution in [0.15, 0.2) is 29.2 Å². The van der Waals surface area contributed by atoms with E-state index in [2.05, 4.69) is 0 Å². The van der Waals surface area contributed by atoms with E-state index >= 15 is 0 Å². The smallest absolute Gasteiger partial charge is 0.269 e. The molecule has 3 N–H and O–H groups in total. The van der Waals surface area contributed by atoms with E-state index in [4.69, 9.17) is 5.73 Å². The number of rotatable bonds is 4. The van der Waals surface area contributed by atoms with E-state index in [9.17, 15) is 23.6 Å². The molecule has 0 unspecified atom stereocenters. The van der Waals surface area contributed by atoms with Gasteiger partial charge in [0.2, 0.25) is 10.0 Å². The molecule has 0 bridgehead atoms. The molecule has 0 spiro atoms. The number of aliphatic hydroxyl groups excluding tert-OH is 1. The zero-order valence-electron chi connectivity index (χ0n) is 11.4. The van der Waals surface area contributed by atoms with Crippen molar-refractivity contribution in [2.24, 2.45) is 5.73 Å². The van der Waals surface area contributed by atoms with Crippen molar-refractivity contribution in [2.45, 2.75) is 35.9 Å². The normalized spacial score (nSPS) is 26.2. The molecule has 1 aliphatic carbocycles. The van der Waals surface area contributed by atoms with Gasteiger partial charge in [0.1, 0.15) is 0 Å². The van der Waals surface area contributed by atoms with Crippen molar-refractivity contribution < 1.29 is 18.4 Å². The van der Waals surface area contributed by atoms with Crippen LogP contribution in [0.3, 0.4) is 0 Å². The summed E-state index contributed by atoms with van der Waals surface area (Å²) in [5, 5.41) is 20.5. The number of sulfonamides is 1. The molecular weight excluding hydrogens is 298 g/mol. The van der Waals surface area contributed by atoms with Crippen molar-refractivity contribution in [3.63, 3.8) is 0 Å². The highest BCUT2D eigenvalue weighted by Gasteiger charge is 2.39. The summed E-state index contributed by atoms with van der Waals surface area (Å²) in [5.74, 6) is 0. The number of non-ortho nitro benzene ring substituents is 1. The zero-order chi connectivity index (χ0) is 15.8. The zero-order valence-corrected chi connectivity index (χ0v) is 12.2. The van der Waals surface area contributed by atoms with E-state index in [1.54, 1.807) is 0 Å². The van der Waals surface area contributed by atoms with Crippen LogP contribution in [-0.4, -0.2) is 48.0 Å². The van der Waals surface area contributed by atoms with Crippen LogP contribution in [0.1, 0.15) is 12.8 Å². The van der Waals surface area contributed by atoms with Gasteiger partial charge in [-0.1, -0.05) is 0 Å². The fourth-order valence-corrected chi connectivity index (χ4v) is 3.90. The van der Waals surface area contributed by atoms with E-state index in [0.29, 0.717) is 12.8 Å². The highest BCUT2D eigenvalue weighted by molar-refractivity contribution is 7.89. The quantitative estimate of drug-likeness (QED) is 0.598. The summed E-state index contributed by atoms with van der Waals surface area (Å²) in [5.41, 5.74) is 5.55. The molecule has 2 rings (SSSR count). The Morgan fingerprint density at radius 1 is 1.33 bits per heavy atom. The second-order valence-corrected chi connectivity index (χ2v) is 7.14. The third-order valence-corrected chi connectivity index (χ3v) is 5.62. The van der Waals surface area contributed by atoms with Gasteiger partial charge in [-0.15, -0.1) is 0 Å². The maximum absolute atomic E-state index is 12.5. The molecule has 3 atom stereocenters. The van der Waals surface area contributed by atoms with Crippen LogP contribution >= 0.6 is 0 Å². The molecule has 0 aliphatic heterocycles. The number of aliphatic hydroxyl groups is 1. The van der Waals surface area contributed by atoms with Crippen molar-refractivity contribution in [1.29, 1.82) is 0 Å². The van der Waals surface area contributed by atoms with Gasteiger partial charge in [0.05, 0.1) is 22.0 Å². The standard InChI is InChI=1S/C12H17N3O5S/c1-14(11-6-8(13)7-12(11)16)21(19,20)10-4-2-9(3-5-10)15(17)18/h2-5,8,11-12,16H,6-7,13H2,1H3/t8-,11+,12-/m1/s1. The number of nitrogens with two attached hydrogens (primary N) is 1. The summed E-state index contributed by atoms with van der Waals surface area (Å²) >= 11 is 0. The summed E-state index contributed by atoms with van der Waals surface area (Å²) in [7, 11) is -2.45. The van der Waals surface area contributed by atoms with Crippen molar-refractivity contribution in [3.8, 4) is 0 Å². The van der Waals surface area contributed by atoms with Gasteiger partial charge >= 0.3 is 0 Å². The first-order chi connectivity index (χ1) is 9.73. The summed E-state index contributed by atoms with van der Waals surface area (Å²) in [6.07, 6.45) is -0.0768. The molecule has 0 radical (unpaired) electrons. The molecule has 0 amide bonds. The molecule has 0 heterocycles. The number of nitro benzene ring substituents is 1. The average molecular weight is 315 g/mol. The Labute approximate surface area is 122 Å². The minimum atomic E-state index is -3.83. The van der Waals surface area contributed by atoms with Gasteiger partial charge in [0.15, 0.2) is 0 Å². The second-order valence-electron chi connectivity index (χ2n) is 5.14. The van der Waals surface area contributed by atoms with Crippen molar-refractivity contribution in [2.75, 3.05) is 7.05 Å². The fraction of sp³-hybridized carbons (Fsp3) is 0.500. The Hall–Kier alpha value is -1.55. The number of benzene rings is 1. The summed E-state index contributed by atoms with van der Waals surface area (Å²) in [4.78, 5) is 9.93. The number of likely N-dealkylation sites (N-methyl/N-ethyl adjacent to an activating group) is 1. The van der Waals surface area contributed by atoms with Gasteiger partial charge in [0, 0.05) is 25.2 Å². The third kappa shape index (κ3) is 3.05. The van der Waals surface area contributed by atoms with Crippen LogP contribution in [0.25, 0.3) is 0 Å². The predicted octanol–water partition coefficient (Wildman–Crippen LogP) is 0.0659. The van der Waals surface area contributed by atoms with Gasteiger partial charge in [-0.05, 0) is 25.0 Å². The molecule has 21 heavy (non-hydrogen) atoms. The molecule has 1 saturated carbocycles. The van der Waals surface area contributed by atoms with Crippen LogP contribution in [0, 0.1) is 10.1 Å². The average Bonchev–Trinajstić information content (AvgIpc) is 2.76. The second kappa shape index (κ2) is 5.68. The Kier molecular flexibility index (Phi) is 4.28. The predicted molar refractivity (Wildman–Crippen MR) is 75.0 cm³/mol. The van der Waals surface area contributed by atoms with E-state index in [-0.39, 0.29) is 16.6 Å². The molecule has 1 aromatic carbocycles. The summed E-state index contributed by atoms with van der Waals surface area (Å²) in [6.45, 7) is 0. The molecule has 116 valence electrons. The van der Waals surface area contributed by atoms with E-state index in [0.717, 1.165) is 16.4 Å². The van der Waals surface area contributed by atoms with Crippen molar-refractivity contribution in [1.82, 2.24) is 4.31 Å². The van der Waals surface area contributed by atoms with Crippen LogP contribution in [0.2, 0.25) is 0 Å². The maximum Gasteiger partial charge on any atom is 0.269 e. The topological polar surface area (TPSA) is 127 Å². The van der Waals surface area contributed by atoms with E-state index in [1.807, 2.05) is 0 Å². The molecule has 8 nitrogen and oxygen atoms in total. The molecule has 1 aliphatic rings. The Morgan fingerprint density at radius 3 is 2.33 bits per heavy atom. The first-order valence-corrected chi connectivity index (χ1v) is 7.83.